The first-order valence-corrected chi connectivity index (χ1v) is 5.07. The van der Waals surface area contributed by atoms with Crippen LogP contribution in [0.25, 0.3) is 0 Å². The van der Waals surface area contributed by atoms with E-state index in [2.05, 4.69) is 19.2 Å². The number of aliphatic hydroxyl groups is 1. The van der Waals surface area contributed by atoms with Crippen LogP contribution in [-0.4, -0.2) is 17.8 Å². The smallest absolute Gasteiger partial charge is 0.0635 e. The van der Waals surface area contributed by atoms with Crippen molar-refractivity contribution in [2.24, 2.45) is 5.92 Å². The summed E-state index contributed by atoms with van der Waals surface area (Å²) in [5.41, 5.74) is 13.3. The van der Waals surface area contributed by atoms with E-state index in [1.54, 1.807) is 12.1 Å². The number of nitrogens with two attached hydrogens (primary N) is 2. The van der Waals surface area contributed by atoms with Crippen molar-refractivity contribution in [1.29, 1.82) is 0 Å². The van der Waals surface area contributed by atoms with E-state index >= 15 is 0 Å². The molecule has 0 amide bonds. The number of nitrogen functional groups attached to an aromatic ring is 2. The van der Waals surface area contributed by atoms with Gasteiger partial charge in [-0.25, -0.2) is 0 Å². The number of anilines is 3. The molecule has 0 fully saturated rings. The van der Waals surface area contributed by atoms with Gasteiger partial charge in [0.25, 0.3) is 0 Å². The summed E-state index contributed by atoms with van der Waals surface area (Å²) in [6.07, 6.45) is 0. The van der Waals surface area contributed by atoms with E-state index in [1.807, 2.05) is 6.07 Å². The van der Waals surface area contributed by atoms with Gasteiger partial charge in [-0.15, -0.1) is 0 Å². The Labute approximate surface area is 90.3 Å². The van der Waals surface area contributed by atoms with Gasteiger partial charge >= 0.3 is 0 Å². The highest BCUT2D eigenvalue weighted by Crippen LogP contribution is 2.21. The summed E-state index contributed by atoms with van der Waals surface area (Å²) in [5.74, 6) is 0.355. The molecule has 1 aromatic rings. The van der Waals surface area contributed by atoms with Gasteiger partial charge in [0.2, 0.25) is 0 Å². The van der Waals surface area contributed by atoms with Gasteiger partial charge < -0.3 is 21.9 Å². The zero-order valence-corrected chi connectivity index (χ0v) is 9.20. The van der Waals surface area contributed by atoms with Gasteiger partial charge in [-0.05, 0) is 24.1 Å². The fourth-order valence-electron chi connectivity index (χ4n) is 1.30. The number of aliphatic hydroxyl groups excluding tert-OH is 1. The first-order valence-electron chi connectivity index (χ1n) is 5.07. The van der Waals surface area contributed by atoms with E-state index in [0.717, 1.165) is 5.69 Å². The molecule has 0 saturated carbocycles. The minimum Gasteiger partial charge on any atom is -0.397 e. The Morgan fingerprint density at radius 2 is 1.93 bits per heavy atom. The maximum atomic E-state index is 9.16. The van der Waals surface area contributed by atoms with Crippen molar-refractivity contribution in [1.82, 2.24) is 0 Å². The van der Waals surface area contributed by atoms with Crippen LogP contribution in [0, 0.1) is 5.92 Å². The zero-order chi connectivity index (χ0) is 11.4. The van der Waals surface area contributed by atoms with Crippen molar-refractivity contribution in [2.45, 2.75) is 19.9 Å². The van der Waals surface area contributed by atoms with E-state index in [1.165, 1.54) is 0 Å². The molecule has 1 atom stereocenters. The molecule has 0 heterocycles. The van der Waals surface area contributed by atoms with Crippen LogP contribution in [-0.2, 0) is 0 Å². The van der Waals surface area contributed by atoms with Crippen molar-refractivity contribution in [3.05, 3.63) is 18.2 Å². The summed E-state index contributed by atoms with van der Waals surface area (Å²) >= 11 is 0. The van der Waals surface area contributed by atoms with Crippen molar-refractivity contribution in [2.75, 3.05) is 23.4 Å². The van der Waals surface area contributed by atoms with E-state index in [4.69, 9.17) is 16.6 Å². The normalized spacial score (nSPS) is 12.8. The van der Waals surface area contributed by atoms with Crippen LogP contribution >= 0.6 is 0 Å². The van der Waals surface area contributed by atoms with Crippen LogP contribution in [0.3, 0.4) is 0 Å². The molecule has 6 N–H and O–H groups in total. The van der Waals surface area contributed by atoms with Gasteiger partial charge in [0.15, 0.2) is 0 Å². The molecule has 4 nitrogen and oxygen atoms in total. The molecule has 0 aromatic heterocycles. The molecule has 84 valence electrons. The van der Waals surface area contributed by atoms with Gasteiger partial charge in [-0.3, -0.25) is 0 Å². The molecular formula is C11H19N3O. The molecule has 0 aliphatic carbocycles. The molecule has 4 heteroatoms. The summed E-state index contributed by atoms with van der Waals surface area (Å²) < 4.78 is 0. The summed E-state index contributed by atoms with van der Waals surface area (Å²) in [6, 6.07) is 5.43. The lowest BCUT2D eigenvalue weighted by Gasteiger charge is -2.21. The average Bonchev–Trinajstić information content (AvgIpc) is 2.19. The Morgan fingerprint density at radius 1 is 1.27 bits per heavy atom. The molecule has 0 aliphatic rings. The van der Waals surface area contributed by atoms with Crippen LogP contribution in [0.4, 0.5) is 17.1 Å². The second-order valence-corrected chi connectivity index (χ2v) is 4.02. The summed E-state index contributed by atoms with van der Waals surface area (Å²) in [7, 11) is 0. The first kappa shape index (κ1) is 11.7. The third-order valence-electron chi connectivity index (χ3n) is 2.44. The quantitative estimate of drug-likeness (QED) is 0.563. The number of rotatable bonds is 4. The zero-order valence-electron chi connectivity index (χ0n) is 9.20. The standard InChI is InChI=1S/C11H19N3O/c1-7(2)11(6-15)14-8-3-4-9(12)10(13)5-8/h3-5,7,11,14-15H,6,12-13H2,1-2H3. The van der Waals surface area contributed by atoms with E-state index < -0.39 is 0 Å². The van der Waals surface area contributed by atoms with Crippen molar-refractivity contribution in [3.63, 3.8) is 0 Å². The monoisotopic (exact) mass is 209 g/mol. The molecule has 1 unspecified atom stereocenters. The van der Waals surface area contributed by atoms with Gasteiger partial charge in [0, 0.05) is 5.69 Å². The minimum atomic E-state index is 0.0352. The number of hydrogen-bond donors (Lipinski definition) is 4. The van der Waals surface area contributed by atoms with E-state index in [-0.39, 0.29) is 12.6 Å². The van der Waals surface area contributed by atoms with Crippen LogP contribution in [0.1, 0.15) is 13.8 Å². The second-order valence-electron chi connectivity index (χ2n) is 4.02. The Morgan fingerprint density at radius 3 is 2.40 bits per heavy atom. The third kappa shape index (κ3) is 3.02. The molecule has 0 saturated heterocycles. The molecule has 0 spiro atoms. The lowest BCUT2D eigenvalue weighted by molar-refractivity contribution is 0.249. The SMILES string of the molecule is CC(C)C(CO)Nc1ccc(N)c(N)c1. The summed E-state index contributed by atoms with van der Waals surface area (Å²) in [6.45, 7) is 4.20. The van der Waals surface area contributed by atoms with Crippen LogP contribution < -0.4 is 16.8 Å². The van der Waals surface area contributed by atoms with E-state index in [0.29, 0.717) is 17.3 Å². The third-order valence-corrected chi connectivity index (χ3v) is 2.44. The van der Waals surface area contributed by atoms with Gasteiger partial charge in [0.05, 0.1) is 24.0 Å². The highest BCUT2D eigenvalue weighted by Gasteiger charge is 2.11. The second kappa shape index (κ2) is 4.89. The van der Waals surface area contributed by atoms with Gasteiger partial charge in [-0.1, -0.05) is 13.8 Å². The average molecular weight is 209 g/mol. The van der Waals surface area contributed by atoms with Crippen LogP contribution in [0.15, 0.2) is 18.2 Å². The molecule has 1 aromatic carbocycles. The highest BCUT2D eigenvalue weighted by atomic mass is 16.3. The molecule has 0 aliphatic heterocycles. The van der Waals surface area contributed by atoms with Crippen LogP contribution in [0.5, 0.6) is 0 Å². The van der Waals surface area contributed by atoms with Crippen LogP contribution in [0.2, 0.25) is 0 Å². The van der Waals surface area contributed by atoms with Gasteiger partial charge in [0.1, 0.15) is 0 Å². The molecule has 1 rings (SSSR count). The largest absolute Gasteiger partial charge is 0.397 e. The number of benzene rings is 1. The lowest BCUT2D eigenvalue weighted by Crippen LogP contribution is -2.29. The Kier molecular flexibility index (Phi) is 3.80. The maximum Gasteiger partial charge on any atom is 0.0635 e. The van der Waals surface area contributed by atoms with Gasteiger partial charge in [-0.2, -0.15) is 0 Å². The predicted molar refractivity (Wildman–Crippen MR) is 64.6 cm³/mol. The Hall–Kier alpha value is -1.42. The van der Waals surface area contributed by atoms with E-state index in [9.17, 15) is 0 Å². The predicted octanol–water partition coefficient (Wildman–Crippen LogP) is 1.28. The van der Waals surface area contributed by atoms with Crippen molar-refractivity contribution < 1.29 is 5.11 Å². The highest BCUT2D eigenvalue weighted by molar-refractivity contribution is 5.69. The number of nitrogens with one attached hydrogen (secondary N) is 1. The molecule has 15 heavy (non-hydrogen) atoms. The topological polar surface area (TPSA) is 84.3 Å². The molecule has 0 radical (unpaired) electrons. The van der Waals surface area contributed by atoms with Crippen molar-refractivity contribution >= 4 is 17.1 Å². The fourth-order valence-corrected chi connectivity index (χ4v) is 1.30. The minimum absolute atomic E-state index is 0.0352. The fraction of sp³-hybridized carbons (Fsp3) is 0.455. The summed E-state index contributed by atoms with van der Waals surface area (Å²) in [5, 5.41) is 12.4. The maximum absolute atomic E-state index is 9.16. The Bertz CT molecular complexity index is 326. The Balaban J connectivity index is 2.75. The number of hydrogen-bond acceptors (Lipinski definition) is 4. The van der Waals surface area contributed by atoms with Crippen molar-refractivity contribution in [3.8, 4) is 0 Å². The molecular weight excluding hydrogens is 190 g/mol. The lowest BCUT2D eigenvalue weighted by atomic mass is 10.1. The first-order chi connectivity index (χ1) is 7.04. The molecule has 0 bridgehead atoms. The summed E-state index contributed by atoms with van der Waals surface area (Å²) in [4.78, 5) is 0.